The molecule has 25 heavy (non-hydrogen) atoms. The molecular weight excluding hydrogens is 310 g/mol. The molecule has 3 saturated carbocycles. The summed E-state index contributed by atoms with van der Waals surface area (Å²) in [6.45, 7) is 8.71. The summed E-state index contributed by atoms with van der Waals surface area (Å²) in [6.07, 6.45) is 10.9. The maximum atomic E-state index is 11.0. The molecule has 0 amide bonds. The Labute approximate surface area is 153 Å². The van der Waals surface area contributed by atoms with E-state index in [9.17, 15) is 4.79 Å². The lowest BCUT2D eigenvalue weighted by atomic mass is 9.48. The highest BCUT2D eigenvalue weighted by Crippen LogP contribution is 2.66. The van der Waals surface area contributed by atoms with Gasteiger partial charge in [0.25, 0.3) is 0 Å². The van der Waals surface area contributed by atoms with Gasteiger partial charge in [-0.05, 0) is 98.3 Å². The molecule has 142 valence electrons. The van der Waals surface area contributed by atoms with Gasteiger partial charge in [0.15, 0.2) is 0 Å². The molecular formula is C22H37NO2. The topological polar surface area (TPSA) is 49.3 Å². The summed E-state index contributed by atoms with van der Waals surface area (Å²) in [7, 11) is 0. The number of carbonyl (C=O) groups is 1. The SMILES string of the molecule is C[C@H](CCC(=O)O)[C@H]1CC[C@H]2[C@@H]3CC[C@H]4NCC[C@]4(C)[C@H]3CC[C@]12C. The second-order valence-corrected chi connectivity index (χ2v) is 10.4. The van der Waals surface area contributed by atoms with E-state index in [1.54, 1.807) is 0 Å². The summed E-state index contributed by atoms with van der Waals surface area (Å²) in [4.78, 5) is 11.0. The van der Waals surface area contributed by atoms with Crippen molar-refractivity contribution in [2.45, 2.75) is 84.6 Å². The van der Waals surface area contributed by atoms with Gasteiger partial charge >= 0.3 is 5.97 Å². The van der Waals surface area contributed by atoms with Gasteiger partial charge in [0, 0.05) is 12.5 Å². The third-order valence-corrected chi connectivity index (χ3v) is 9.50. The normalized spacial score (nSPS) is 50.0. The molecule has 8 atom stereocenters. The average molecular weight is 348 g/mol. The van der Waals surface area contributed by atoms with Gasteiger partial charge in [-0.1, -0.05) is 20.8 Å². The number of carboxylic acids is 1. The standard InChI is InChI=1S/C22H37NO2/c1-14(4-9-20(24)25)16-6-7-17-15-5-8-19-22(3,12-13-23-19)18(15)10-11-21(16,17)2/h14-19,23H,4-13H2,1-3H3,(H,24,25)/t14-,15+,16-,17+,18+,19-,21-,22-/m1/s1. The van der Waals surface area contributed by atoms with Crippen LogP contribution in [0.1, 0.15) is 78.6 Å². The summed E-state index contributed by atoms with van der Waals surface area (Å²) in [5, 5.41) is 12.9. The highest BCUT2D eigenvalue weighted by molar-refractivity contribution is 5.66. The number of fused-ring (bicyclic) bond motifs is 5. The lowest BCUT2D eigenvalue weighted by Crippen LogP contribution is -2.54. The number of nitrogens with one attached hydrogen (secondary N) is 1. The van der Waals surface area contributed by atoms with Gasteiger partial charge in [0.2, 0.25) is 0 Å². The lowest BCUT2D eigenvalue weighted by Gasteiger charge is -2.57. The van der Waals surface area contributed by atoms with Crippen LogP contribution >= 0.6 is 0 Å². The van der Waals surface area contributed by atoms with Gasteiger partial charge in [-0.15, -0.1) is 0 Å². The molecule has 1 saturated heterocycles. The van der Waals surface area contributed by atoms with Gasteiger partial charge in [-0.3, -0.25) is 4.79 Å². The van der Waals surface area contributed by atoms with E-state index in [-0.39, 0.29) is 0 Å². The Bertz CT molecular complexity index is 534. The third-order valence-electron chi connectivity index (χ3n) is 9.50. The van der Waals surface area contributed by atoms with Crippen molar-refractivity contribution in [2.75, 3.05) is 6.54 Å². The van der Waals surface area contributed by atoms with Crippen LogP contribution < -0.4 is 5.32 Å². The minimum Gasteiger partial charge on any atom is -0.481 e. The average Bonchev–Trinajstić information content (AvgIpc) is 3.12. The Hall–Kier alpha value is -0.570. The summed E-state index contributed by atoms with van der Waals surface area (Å²) in [5.41, 5.74) is 1.01. The van der Waals surface area contributed by atoms with Crippen molar-refractivity contribution in [1.82, 2.24) is 5.32 Å². The van der Waals surface area contributed by atoms with Crippen LogP contribution in [-0.2, 0) is 4.79 Å². The van der Waals surface area contributed by atoms with Crippen LogP contribution in [0.2, 0.25) is 0 Å². The first kappa shape index (κ1) is 17.8. The van der Waals surface area contributed by atoms with E-state index in [4.69, 9.17) is 5.11 Å². The van der Waals surface area contributed by atoms with E-state index in [2.05, 4.69) is 26.1 Å². The van der Waals surface area contributed by atoms with Gasteiger partial charge in [0.1, 0.15) is 0 Å². The zero-order valence-corrected chi connectivity index (χ0v) is 16.4. The van der Waals surface area contributed by atoms with Crippen molar-refractivity contribution in [3.8, 4) is 0 Å². The van der Waals surface area contributed by atoms with Crippen LogP contribution in [-0.4, -0.2) is 23.7 Å². The van der Waals surface area contributed by atoms with Crippen LogP contribution in [0.4, 0.5) is 0 Å². The van der Waals surface area contributed by atoms with E-state index in [0.717, 1.165) is 36.1 Å². The molecule has 1 aliphatic heterocycles. The quantitative estimate of drug-likeness (QED) is 0.774. The van der Waals surface area contributed by atoms with E-state index < -0.39 is 5.97 Å². The molecule has 0 radical (unpaired) electrons. The van der Waals surface area contributed by atoms with E-state index >= 15 is 0 Å². The van der Waals surface area contributed by atoms with Crippen molar-refractivity contribution >= 4 is 5.97 Å². The van der Waals surface area contributed by atoms with Crippen molar-refractivity contribution < 1.29 is 9.90 Å². The Morgan fingerprint density at radius 2 is 1.84 bits per heavy atom. The Kier molecular flexibility index (Phi) is 4.46. The molecule has 0 aromatic carbocycles. The highest BCUT2D eigenvalue weighted by Gasteiger charge is 2.60. The summed E-state index contributed by atoms with van der Waals surface area (Å²) in [5.74, 6) is 3.41. The number of hydrogen-bond donors (Lipinski definition) is 2. The van der Waals surface area contributed by atoms with Crippen molar-refractivity contribution in [3.63, 3.8) is 0 Å². The van der Waals surface area contributed by atoms with E-state index in [1.807, 2.05) is 0 Å². The Balaban J connectivity index is 1.52. The van der Waals surface area contributed by atoms with Crippen LogP contribution in [0.3, 0.4) is 0 Å². The zero-order valence-electron chi connectivity index (χ0n) is 16.4. The van der Waals surface area contributed by atoms with Gasteiger partial charge in [-0.25, -0.2) is 0 Å². The number of hydrogen-bond acceptors (Lipinski definition) is 2. The number of carboxylic acid groups (broad SMARTS) is 1. The minimum absolute atomic E-state index is 0.343. The molecule has 0 aromatic heterocycles. The van der Waals surface area contributed by atoms with Gasteiger partial charge in [0.05, 0.1) is 0 Å². The fraction of sp³-hybridized carbons (Fsp3) is 0.955. The first-order chi connectivity index (χ1) is 11.9. The monoisotopic (exact) mass is 347 g/mol. The Morgan fingerprint density at radius 3 is 2.60 bits per heavy atom. The second-order valence-electron chi connectivity index (χ2n) is 10.4. The smallest absolute Gasteiger partial charge is 0.303 e. The molecule has 3 nitrogen and oxygen atoms in total. The maximum absolute atomic E-state index is 11.0. The number of rotatable bonds is 4. The molecule has 4 fully saturated rings. The minimum atomic E-state index is -0.629. The van der Waals surface area contributed by atoms with Crippen LogP contribution in [0, 0.1) is 40.4 Å². The molecule has 0 aromatic rings. The fourth-order valence-electron chi connectivity index (χ4n) is 8.19. The molecule has 3 heteroatoms. The molecule has 2 N–H and O–H groups in total. The number of aliphatic carboxylic acids is 1. The second kappa shape index (κ2) is 6.25. The zero-order chi connectivity index (χ0) is 17.8. The summed E-state index contributed by atoms with van der Waals surface area (Å²) >= 11 is 0. The van der Waals surface area contributed by atoms with Crippen molar-refractivity contribution in [2.24, 2.45) is 40.4 Å². The Morgan fingerprint density at radius 1 is 1.08 bits per heavy atom. The lowest BCUT2D eigenvalue weighted by molar-refractivity contribution is -0.137. The van der Waals surface area contributed by atoms with Gasteiger partial charge < -0.3 is 10.4 Å². The predicted octanol–water partition coefficient (Wildman–Crippen LogP) is 4.71. The first-order valence-electron chi connectivity index (χ1n) is 10.8. The molecule has 3 aliphatic carbocycles. The van der Waals surface area contributed by atoms with Crippen LogP contribution in [0.5, 0.6) is 0 Å². The maximum Gasteiger partial charge on any atom is 0.303 e. The molecule has 0 bridgehead atoms. The summed E-state index contributed by atoms with van der Waals surface area (Å²) < 4.78 is 0. The molecule has 1 heterocycles. The van der Waals surface area contributed by atoms with E-state index in [0.29, 0.717) is 23.2 Å². The first-order valence-corrected chi connectivity index (χ1v) is 10.8. The molecule has 4 rings (SSSR count). The molecule has 0 spiro atoms. The van der Waals surface area contributed by atoms with Crippen molar-refractivity contribution in [3.05, 3.63) is 0 Å². The highest BCUT2D eigenvalue weighted by atomic mass is 16.4. The van der Waals surface area contributed by atoms with Crippen LogP contribution in [0.25, 0.3) is 0 Å². The largest absolute Gasteiger partial charge is 0.481 e. The van der Waals surface area contributed by atoms with E-state index in [1.165, 1.54) is 51.5 Å². The van der Waals surface area contributed by atoms with Crippen LogP contribution in [0.15, 0.2) is 0 Å². The predicted molar refractivity (Wildman–Crippen MR) is 100 cm³/mol. The van der Waals surface area contributed by atoms with Crippen molar-refractivity contribution in [1.29, 1.82) is 0 Å². The third kappa shape index (κ3) is 2.67. The molecule has 4 aliphatic rings. The fourth-order valence-corrected chi connectivity index (χ4v) is 8.19. The van der Waals surface area contributed by atoms with Gasteiger partial charge in [-0.2, -0.15) is 0 Å². The molecule has 0 unspecified atom stereocenters. The summed E-state index contributed by atoms with van der Waals surface area (Å²) in [6, 6.07) is 0.768.